The third-order valence-electron chi connectivity index (χ3n) is 4.16. The third kappa shape index (κ3) is 3.85. The van der Waals surface area contributed by atoms with E-state index in [1.54, 1.807) is 0 Å². The molecule has 2 nitrogen and oxygen atoms in total. The molecule has 0 radical (unpaired) electrons. The van der Waals surface area contributed by atoms with Gasteiger partial charge in [0, 0.05) is 6.04 Å². The fourth-order valence-electron chi connectivity index (χ4n) is 3.00. The number of ether oxygens (including phenoxy) is 1. The molecule has 110 valence electrons. The highest BCUT2D eigenvalue weighted by Gasteiger charge is 2.12. The first-order chi connectivity index (χ1) is 10.3. The molecule has 0 bridgehead atoms. The zero-order valence-electron chi connectivity index (χ0n) is 12.4. The summed E-state index contributed by atoms with van der Waals surface area (Å²) in [5.74, 6) is 0.919. The number of nitrogens with two attached hydrogens (primary N) is 1. The molecule has 2 aromatic rings. The van der Waals surface area contributed by atoms with Crippen LogP contribution in [0.4, 0.5) is 0 Å². The van der Waals surface area contributed by atoms with E-state index < -0.39 is 0 Å². The Kier molecular flexibility index (Phi) is 4.56. The Morgan fingerprint density at radius 2 is 1.81 bits per heavy atom. The van der Waals surface area contributed by atoms with E-state index in [2.05, 4.69) is 18.2 Å². The fourth-order valence-corrected chi connectivity index (χ4v) is 3.00. The molecule has 0 fully saturated rings. The van der Waals surface area contributed by atoms with Gasteiger partial charge in [0.05, 0.1) is 6.61 Å². The van der Waals surface area contributed by atoms with Crippen molar-refractivity contribution >= 4 is 0 Å². The zero-order valence-corrected chi connectivity index (χ0v) is 12.4. The van der Waals surface area contributed by atoms with Crippen LogP contribution < -0.4 is 10.5 Å². The number of hydrogen-bond acceptors (Lipinski definition) is 2. The largest absolute Gasteiger partial charge is 0.494 e. The topological polar surface area (TPSA) is 35.2 Å². The predicted molar refractivity (Wildman–Crippen MR) is 86.7 cm³/mol. The maximum absolute atomic E-state index is 6.24. The number of aryl methyl sites for hydroxylation is 2. The van der Waals surface area contributed by atoms with Crippen LogP contribution in [0.15, 0.2) is 48.5 Å². The molecule has 2 N–H and O–H groups in total. The van der Waals surface area contributed by atoms with Crippen molar-refractivity contribution < 1.29 is 4.74 Å². The highest BCUT2D eigenvalue weighted by molar-refractivity contribution is 5.35. The van der Waals surface area contributed by atoms with Gasteiger partial charge in [-0.15, -0.1) is 0 Å². The van der Waals surface area contributed by atoms with Gasteiger partial charge in [0.1, 0.15) is 5.75 Å². The molecule has 0 saturated heterocycles. The molecular weight excluding hydrogens is 258 g/mol. The molecule has 0 amide bonds. The van der Waals surface area contributed by atoms with Crippen molar-refractivity contribution in [1.29, 1.82) is 0 Å². The van der Waals surface area contributed by atoms with E-state index in [9.17, 15) is 0 Å². The van der Waals surface area contributed by atoms with Gasteiger partial charge in [0.15, 0.2) is 0 Å². The highest BCUT2D eigenvalue weighted by Crippen LogP contribution is 2.23. The normalized spacial score (nSPS) is 14.7. The minimum absolute atomic E-state index is 0.160. The summed E-state index contributed by atoms with van der Waals surface area (Å²) in [5.41, 5.74) is 10.7. The molecule has 1 atom stereocenters. The van der Waals surface area contributed by atoms with Gasteiger partial charge in [-0.2, -0.15) is 0 Å². The summed E-state index contributed by atoms with van der Waals surface area (Å²) < 4.78 is 5.71. The van der Waals surface area contributed by atoms with Gasteiger partial charge in [-0.25, -0.2) is 0 Å². The number of fused-ring (bicyclic) bond motifs is 1. The van der Waals surface area contributed by atoms with E-state index in [0.717, 1.165) is 18.6 Å². The molecule has 21 heavy (non-hydrogen) atoms. The van der Waals surface area contributed by atoms with Gasteiger partial charge in [-0.05, 0) is 60.9 Å². The number of hydrogen-bond donors (Lipinski definition) is 1. The van der Waals surface area contributed by atoms with E-state index >= 15 is 0 Å². The van der Waals surface area contributed by atoms with E-state index in [1.165, 1.54) is 36.0 Å². The third-order valence-corrected chi connectivity index (χ3v) is 4.16. The number of benzene rings is 2. The van der Waals surface area contributed by atoms with Gasteiger partial charge in [0.25, 0.3) is 0 Å². The van der Waals surface area contributed by atoms with E-state index in [4.69, 9.17) is 10.5 Å². The zero-order chi connectivity index (χ0) is 14.5. The van der Waals surface area contributed by atoms with Crippen LogP contribution in [0.3, 0.4) is 0 Å². The molecular formula is C19H23NO. The van der Waals surface area contributed by atoms with Crippen LogP contribution in [0.2, 0.25) is 0 Å². The van der Waals surface area contributed by atoms with Crippen LogP contribution in [0.25, 0.3) is 0 Å². The molecule has 0 spiro atoms. The lowest BCUT2D eigenvalue weighted by atomic mass is 10.00. The van der Waals surface area contributed by atoms with Crippen LogP contribution in [-0.2, 0) is 19.3 Å². The molecule has 0 aromatic heterocycles. The standard InChI is InChI=1S/C19H23NO/c20-18(11-12-21-19-7-2-1-3-8-19)14-15-9-10-16-5-4-6-17(16)13-15/h1-3,7-10,13,18H,4-6,11-12,14,20H2. The maximum Gasteiger partial charge on any atom is 0.119 e. The molecule has 2 heteroatoms. The van der Waals surface area contributed by atoms with Crippen molar-refractivity contribution in [1.82, 2.24) is 0 Å². The van der Waals surface area contributed by atoms with Crippen LogP contribution in [-0.4, -0.2) is 12.6 Å². The van der Waals surface area contributed by atoms with Crippen molar-refractivity contribution in [3.63, 3.8) is 0 Å². The lowest BCUT2D eigenvalue weighted by Crippen LogP contribution is -2.25. The van der Waals surface area contributed by atoms with Crippen LogP contribution >= 0.6 is 0 Å². The molecule has 1 unspecified atom stereocenters. The Labute approximate surface area is 126 Å². The molecule has 0 saturated carbocycles. The summed E-state index contributed by atoms with van der Waals surface area (Å²) in [5, 5.41) is 0. The summed E-state index contributed by atoms with van der Waals surface area (Å²) in [7, 11) is 0. The highest BCUT2D eigenvalue weighted by atomic mass is 16.5. The van der Waals surface area contributed by atoms with E-state index in [0.29, 0.717) is 6.61 Å². The van der Waals surface area contributed by atoms with Crippen molar-refractivity contribution in [3.05, 3.63) is 65.2 Å². The van der Waals surface area contributed by atoms with Crippen LogP contribution in [0.1, 0.15) is 29.5 Å². The van der Waals surface area contributed by atoms with Crippen molar-refractivity contribution in [2.24, 2.45) is 5.73 Å². The van der Waals surface area contributed by atoms with Crippen molar-refractivity contribution in [2.75, 3.05) is 6.61 Å². The van der Waals surface area contributed by atoms with E-state index in [-0.39, 0.29) is 6.04 Å². The predicted octanol–water partition coefficient (Wildman–Crippen LogP) is 3.51. The van der Waals surface area contributed by atoms with Gasteiger partial charge in [-0.1, -0.05) is 36.4 Å². The Morgan fingerprint density at radius 1 is 1.00 bits per heavy atom. The second-order valence-corrected chi connectivity index (χ2v) is 5.87. The average molecular weight is 281 g/mol. The first-order valence-corrected chi connectivity index (χ1v) is 7.85. The monoisotopic (exact) mass is 281 g/mol. The minimum Gasteiger partial charge on any atom is -0.494 e. The summed E-state index contributed by atoms with van der Waals surface area (Å²) >= 11 is 0. The lowest BCUT2D eigenvalue weighted by molar-refractivity contribution is 0.297. The molecule has 3 rings (SSSR count). The minimum atomic E-state index is 0.160. The second kappa shape index (κ2) is 6.77. The first kappa shape index (κ1) is 14.2. The number of rotatable bonds is 6. The van der Waals surface area contributed by atoms with Gasteiger partial charge < -0.3 is 10.5 Å². The molecule has 2 aromatic carbocycles. The van der Waals surface area contributed by atoms with E-state index in [1.807, 2.05) is 30.3 Å². The molecule has 0 aliphatic heterocycles. The average Bonchev–Trinajstić information content (AvgIpc) is 2.96. The molecule has 1 aliphatic rings. The Balaban J connectivity index is 1.47. The Hall–Kier alpha value is -1.80. The molecule has 1 aliphatic carbocycles. The van der Waals surface area contributed by atoms with Crippen LogP contribution in [0, 0.1) is 0 Å². The SMILES string of the molecule is NC(CCOc1ccccc1)Cc1ccc2c(c1)CCC2. The quantitative estimate of drug-likeness (QED) is 0.879. The van der Waals surface area contributed by atoms with Crippen molar-refractivity contribution in [2.45, 2.75) is 38.1 Å². The maximum atomic E-state index is 6.24. The van der Waals surface area contributed by atoms with Gasteiger partial charge in [0.2, 0.25) is 0 Å². The smallest absolute Gasteiger partial charge is 0.119 e. The first-order valence-electron chi connectivity index (χ1n) is 7.85. The van der Waals surface area contributed by atoms with Gasteiger partial charge >= 0.3 is 0 Å². The summed E-state index contributed by atoms with van der Waals surface area (Å²) in [4.78, 5) is 0. The Morgan fingerprint density at radius 3 is 2.67 bits per heavy atom. The summed E-state index contributed by atoms with van der Waals surface area (Å²) in [6.45, 7) is 0.677. The fraction of sp³-hybridized carbons (Fsp3) is 0.368. The van der Waals surface area contributed by atoms with Crippen LogP contribution in [0.5, 0.6) is 5.75 Å². The van der Waals surface area contributed by atoms with Crippen molar-refractivity contribution in [3.8, 4) is 5.75 Å². The summed E-state index contributed by atoms with van der Waals surface area (Å²) in [6, 6.07) is 16.9. The Bertz CT molecular complexity index is 579. The summed E-state index contributed by atoms with van der Waals surface area (Å²) in [6.07, 6.45) is 5.59. The molecule has 0 heterocycles. The number of para-hydroxylation sites is 1. The lowest BCUT2D eigenvalue weighted by Gasteiger charge is -2.13. The second-order valence-electron chi connectivity index (χ2n) is 5.87. The van der Waals surface area contributed by atoms with Gasteiger partial charge in [-0.3, -0.25) is 0 Å².